The van der Waals surface area contributed by atoms with Crippen molar-refractivity contribution in [2.24, 2.45) is 0 Å². The maximum Gasteiger partial charge on any atom is 0.0255 e. The Bertz CT molecular complexity index is 850. The second kappa shape index (κ2) is 6.98. The second-order valence-corrected chi connectivity index (χ2v) is 4.81. The normalized spacial score (nSPS) is 9.09. The Hall–Kier alpha value is -3.22. The summed E-state index contributed by atoms with van der Waals surface area (Å²) in [6, 6.07) is 28.4. The molecule has 0 aliphatic carbocycles. The quantitative estimate of drug-likeness (QED) is 0.563. The molecule has 0 spiro atoms. The Morgan fingerprint density at radius 3 is 1.45 bits per heavy atom. The van der Waals surface area contributed by atoms with Crippen LogP contribution in [0.5, 0.6) is 0 Å². The third-order valence-corrected chi connectivity index (χ3v) is 3.24. The van der Waals surface area contributed by atoms with Crippen LogP contribution in [0.3, 0.4) is 0 Å². The van der Waals surface area contributed by atoms with E-state index in [0.29, 0.717) is 0 Å². The molecule has 0 aliphatic rings. The third kappa shape index (κ3) is 3.66. The molecular formula is C22H14. The molecule has 0 aromatic heterocycles. The second-order valence-electron chi connectivity index (χ2n) is 4.81. The molecule has 3 aromatic carbocycles. The van der Waals surface area contributed by atoms with Crippen molar-refractivity contribution in [1.29, 1.82) is 0 Å². The molecule has 3 aromatic rings. The first kappa shape index (κ1) is 13.7. The standard InChI is InChI=1S/C22H14/c1-3-9-19(10-4-1)11-7-8-12-20-15-17-22(18-16-20)21-13-5-2-6-14-21/h1-6,9-10,13-18H. The number of hydrogen-bond acceptors (Lipinski definition) is 0. The molecule has 102 valence electrons. The van der Waals surface area contributed by atoms with Crippen molar-refractivity contribution in [2.75, 3.05) is 0 Å². The van der Waals surface area contributed by atoms with E-state index >= 15 is 0 Å². The average molecular weight is 278 g/mol. The summed E-state index contributed by atoms with van der Waals surface area (Å²) in [5.41, 5.74) is 4.37. The van der Waals surface area contributed by atoms with Crippen LogP contribution >= 0.6 is 0 Å². The largest absolute Gasteiger partial charge is 0.0622 e. The van der Waals surface area contributed by atoms with Crippen molar-refractivity contribution < 1.29 is 0 Å². The Morgan fingerprint density at radius 1 is 0.409 bits per heavy atom. The molecule has 0 N–H and O–H groups in total. The molecule has 0 aliphatic heterocycles. The summed E-state index contributed by atoms with van der Waals surface area (Å²) in [5, 5.41) is 0. The lowest BCUT2D eigenvalue weighted by Crippen LogP contribution is -1.78. The first-order valence-corrected chi connectivity index (χ1v) is 7.14. The fourth-order valence-electron chi connectivity index (χ4n) is 2.10. The monoisotopic (exact) mass is 278 g/mol. The first-order chi connectivity index (χ1) is 10.9. The van der Waals surface area contributed by atoms with Crippen molar-refractivity contribution in [1.82, 2.24) is 0 Å². The molecule has 0 fully saturated rings. The highest BCUT2D eigenvalue weighted by Crippen LogP contribution is 2.18. The van der Waals surface area contributed by atoms with Crippen LogP contribution in [0, 0.1) is 23.7 Å². The molecular weight excluding hydrogens is 264 g/mol. The van der Waals surface area contributed by atoms with E-state index in [2.05, 4.69) is 47.9 Å². The van der Waals surface area contributed by atoms with Crippen LogP contribution in [-0.2, 0) is 0 Å². The van der Waals surface area contributed by atoms with E-state index < -0.39 is 0 Å². The Kier molecular flexibility index (Phi) is 4.36. The molecule has 0 nitrogen and oxygen atoms in total. The van der Waals surface area contributed by atoms with Crippen LogP contribution in [0.1, 0.15) is 11.1 Å². The molecule has 0 heteroatoms. The van der Waals surface area contributed by atoms with Gasteiger partial charge in [0.25, 0.3) is 0 Å². The van der Waals surface area contributed by atoms with Crippen molar-refractivity contribution in [3.05, 3.63) is 96.1 Å². The predicted molar refractivity (Wildman–Crippen MR) is 92.1 cm³/mol. The van der Waals surface area contributed by atoms with Gasteiger partial charge in [0.15, 0.2) is 0 Å². The van der Waals surface area contributed by atoms with E-state index in [9.17, 15) is 0 Å². The zero-order valence-electron chi connectivity index (χ0n) is 12.1. The van der Waals surface area contributed by atoms with E-state index in [0.717, 1.165) is 11.1 Å². The highest BCUT2D eigenvalue weighted by molar-refractivity contribution is 5.64. The summed E-state index contributed by atoms with van der Waals surface area (Å²) in [7, 11) is 0. The topological polar surface area (TPSA) is 0 Å². The fraction of sp³-hybridized carbons (Fsp3) is 0. The molecule has 0 amide bonds. The van der Waals surface area contributed by atoms with Crippen molar-refractivity contribution in [3.8, 4) is 34.8 Å². The van der Waals surface area contributed by atoms with E-state index in [4.69, 9.17) is 0 Å². The summed E-state index contributed by atoms with van der Waals surface area (Å²) in [6.45, 7) is 0. The van der Waals surface area contributed by atoms with E-state index in [-0.39, 0.29) is 0 Å². The van der Waals surface area contributed by atoms with Gasteiger partial charge in [0.2, 0.25) is 0 Å². The van der Waals surface area contributed by atoms with Gasteiger partial charge in [-0.3, -0.25) is 0 Å². The van der Waals surface area contributed by atoms with Crippen LogP contribution < -0.4 is 0 Å². The summed E-state index contributed by atoms with van der Waals surface area (Å²) in [6.07, 6.45) is 0. The van der Waals surface area contributed by atoms with Gasteiger partial charge < -0.3 is 0 Å². The Balaban J connectivity index is 1.73. The van der Waals surface area contributed by atoms with Crippen LogP contribution in [0.2, 0.25) is 0 Å². The number of benzene rings is 3. The van der Waals surface area contributed by atoms with Gasteiger partial charge in [-0.2, -0.15) is 0 Å². The van der Waals surface area contributed by atoms with Gasteiger partial charge >= 0.3 is 0 Å². The van der Waals surface area contributed by atoms with E-state index in [1.165, 1.54) is 11.1 Å². The molecule has 0 saturated carbocycles. The van der Waals surface area contributed by atoms with Crippen LogP contribution in [0.4, 0.5) is 0 Å². The number of hydrogen-bond donors (Lipinski definition) is 0. The molecule has 0 saturated heterocycles. The lowest BCUT2D eigenvalue weighted by molar-refractivity contribution is 1.59. The maximum atomic E-state index is 3.07. The van der Waals surface area contributed by atoms with Crippen molar-refractivity contribution in [3.63, 3.8) is 0 Å². The van der Waals surface area contributed by atoms with Gasteiger partial charge in [-0.15, -0.1) is 0 Å². The van der Waals surface area contributed by atoms with Gasteiger partial charge in [0, 0.05) is 11.1 Å². The molecule has 0 bridgehead atoms. The summed E-state index contributed by atoms with van der Waals surface area (Å²) >= 11 is 0. The summed E-state index contributed by atoms with van der Waals surface area (Å²) in [4.78, 5) is 0. The summed E-state index contributed by atoms with van der Waals surface area (Å²) < 4.78 is 0. The molecule has 0 atom stereocenters. The number of rotatable bonds is 1. The molecule has 0 unspecified atom stereocenters. The van der Waals surface area contributed by atoms with Crippen molar-refractivity contribution >= 4 is 0 Å². The predicted octanol–water partition coefficient (Wildman–Crippen LogP) is 4.76. The van der Waals surface area contributed by atoms with E-state index in [1.54, 1.807) is 0 Å². The van der Waals surface area contributed by atoms with E-state index in [1.807, 2.05) is 60.7 Å². The SMILES string of the molecule is C(C#Cc1ccc(-c2ccccc2)cc1)#Cc1ccccc1. The van der Waals surface area contributed by atoms with Gasteiger partial charge in [-0.25, -0.2) is 0 Å². The highest BCUT2D eigenvalue weighted by atomic mass is 14.0. The lowest BCUT2D eigenvalue weighted by atomic mass is 10.0. The van der Waals surface area contributed by atoms with Crippen LogP contribution in [0.25, 0.3) is 11.1 Å². The third-order valence-electron chi connectivity index (χ3n) is 3.24. The Labute approximate surface area is 131 Å². The minimum atomic E-state index is 0.974. The molecule has 0 radical (unpaired) electrons. The van der Waals surface area contributed by atoms with Crippen LogP contribution in [-0.4, -0.2) is 0 Å². The highest BCUT2D eigenvalue weighted by Gasteiger charge is 1.95. The van der Waals surface area contributed by atoms with Gasteiger partial charge in [-0.1, -0.05) is 72.5 Å². The van der Waals surface area contributed by atoms with Gasteiger partial charge in [0.05, 0.1) is 0 Å². The smallest absolute Gasteiger partial charge is 0.0255 e. The zero-order valence-corrected chi connectivity index (χ0v) is 12.1. The molecule has 3 rings (SSSR count). The minimum Gasteiger partial charge on any atom is -0.0622 e. The van der Waals surface area contributed by atoms with Crippen molar-refractivity contribution in [2.45, 2.75) is 0 Å². The fourth-order valence-corrected chi connectivity index (χ4v) is 2.10. The molecule has 0 heterocycles. The van der Waals surface area contributed by atoms with Gasteiger partial charge in [-0.05, 0) is 47.2 Å². The maximum absolute atomic E-state index is 3.07. The summed E-state index contributed by atoms with van der Waals surface area (Å²) in [5.74, 6) is 11.9. The minimum absolute atomic E-state index is 0.974. The molecule has 22 heavy (non-hydrogen) atoms. The Morgan fingerprint density at radius 2 is 0.864 bits per heavy atom. The van der Waals surface area contributed by atoms with Crippen LogP contribution in [0.15, 0.2) is 84.9 Å². The average Bonchev–Trinajstić information content (AvgIpc) is 2.61. The lowest BCUT2D eigenvalue weighted by Gasteiger charge is -2.00. The van der Waals surface area contributed by atoms with Gasteiger partial charge in [0.1, 0.15) is 0 Å². The first-order valence-electron chi connectivity index (χ1n) is 7.14. The zero-order chi connectivity index (χ0) is 15.0.